The minimum Gasteiger partial charge on any atom is -0.504 e. The van der Waals surface area contributed by atoms with Crippen LogP contribution in [0.1, 0.15) is 24.1 Å². The van der Waals surface area contributed by atoms with Gasteiger partial charge >= 0.3 is 12.0 Å². The number of benzene rings is 2. The van der Waals surface area contributed by atoms with E-state index < -0.39 is 18.0 Å². The molecule has 3 N–H and O–H groups in total. The molecule has 0 aliphatic carbocycles. The van der Waals surface area contributed by atoms with E-state index in [4.69, 9.17) is 9.47 Å². The maximum atomic E-state index is 12.8. The summed E-state index contributed by atoms with van der Waals surface area (Å²) < 4.78 is 11.1. The van der Waals surface area contributed by atoms with Crippen molar-refractivity contribution >= 4 is 33.6 Å². The van der Waals surface area contributed by atoms with Crippen LogP contribution in [-0.4, -0.2) is 30.8 Å². The average Bonchev–Trinajstić information content (AvgIpc) is 2.69. The maximum absolute atomic E-state index is 12.8. The van der Waals surface area contributed by atoms with Crippen molar-refractivity contribution in [1.82, 2.24) is 10.6 Å². The number of carbonyl (C=O) groups is 2. The smallest absolute Gasteiger partial charge is 0.338 e. The maximum Gasteiger partial charge on any atom is 0.338 e. The lowest BCUT2D eigenvalue weighted by atomic mass is 9.92. The van der Waals surface area contributed by atoms with Crippen LogP contribution >= 0.6 is 15.9 Å². The highest BCUT2D eigenvalue weighted by Crippen LogP contribution is 2.41. The van der Waals surface area contributed by atoms with Crippen molar-refractivity contribution in [2.24, 2.45) is 0 Å². The van der Waals surface area contributed by atoms with Crippen LogP contribution in [0.2, 0.25) is 0 Å². The Morgan fingerprint density at radius 3 is 2.61 bits per heavy atom. The van der Waals surface area contributed by atoms with E-state index in [-0.39, 0.29) is 23.7 Å². The Kier molecular flexibility index (Phi) is 5.89. The monoisotopic (exact) mass is 446 g/mol. The van der Waals surface area contributed by atoms with Gasteiger partial charge in [0.05, 0.1) is 31.0 Å². The number of hydrogen-bond donors (Lipinski definition) is 3. The first-order chi connectivity index (χ1) is 13.5. The summed E-state index contributed by atoms with van der Waals surface area (Å²) in [4.78, 5) is 25.2. The number of phenolic OH excluding ortho intramolecular Hbond substituents is 1. The number of esters is 1. The highest BCUT2D eigenvalue weighted by molar-refractivity contribution is 9.10. The lowest BCUT2D eigenvalue weighted by molar-refractivity contribution is -0.138. The Bertz CT molecular complexity index is 943. The summed E-state index contributed by atoms with van der Waals surface area (Å²) in [6, 6.07) is 10.8. The number of aromatic hydroxyl groups is 1. The number of amides is 2. The van der Waals surface area contributed by atoms with Crippen LogP contribution in [0.5, 0.6) is 11.5 Å². The van der Waals surface area contributed by atoms with E-state index in [1.807, 2.05) is 6.07 Å². The van der Waals surface area contributed by atoms with E-state index in [0.29, 0.717) is 21.3 Å². The Labute approximate surface area is 170 Å². The SMILES string of the molecule is CCOC(=O)C1=C(c2ccccc2)NC(=O)N[C@H]1c1cc(Br)cc(OC)c1O. The second kappa shape index (κ2) is 8.35. The summed E-state index contributed by atoms with van der Waals surface area (Å²) in [6.07, 6.45) is 0. The minimum atomic E-state index is -0.936. The average molecular weight is 447 g/mol. The van der Waals surface area contributed by atoms with Crippen LogP contribution in [0.4, 0.5) is 4.79 Å². The van der Waals surface area contributed by atoms with Gasteiger partial charge in [-0.2, -0.15) is 0 Å². The Balaban J connectivity index is 2.25. The van der Waals surface area contributed by atoms with Gasteiger partial charge in [0.25, 0.3) is 0 Å². The molecule has 0 bridgehead atoms. The highest BCUT2D eigenvalue weighted by Gasteiger charge is 2.36. The zero-order chi connectivity index (χ0) is 20.3. The third kappa shape index (κ3) is 3.82. The molecule has 1 aliphatic heterocycles. The molecule has 2 amide bonds. The van der Waals surface area contributed by atoms with E-state index >= 15 is 0 Å². The fourth-order valence-corrected chi connectivity index (χ4v) is 3.48. The Morgan fingerprint density at radius 2 is 1.96 bits per heavy atom. The molecule has 0 fully saturated rings. The summed E-state index contributed by atoms with van der Waals surface area (Å²) >= 11 is 3.37. The van der Waals surface area contributed by atoms with Crippen molar-refractivity contribution in [3.63, 3.8) is 0 Å². The van der Waals surface area contributed by atoms with Crippen LogP contribution in [0.25, 0.3) is 5.70 Å². The first-order valence-electron chi connectivity index (χ1n) is 8.56. The van der Waals surface area contributed by atoms with Crippen molar-refractivity contribution in [2.45, 2.75) is 13.0 Å². The van der Waals surface area contributed by atoms with Crippen molar-refractivity contribution in [1.29, 1.82) is 0 Å². The molecular weight excluding hydrogens is 428 g/mol. The highest BCUT2D eigenvalue weighted by atomic mass is 79.9. The number of phenols is 1. The van der Waals surface area contributed by atoms with Gasteiger partial charge in [0.15, 0.2) is 11.5 Å². The number of carbonyl (C=O) groups excluding carboxylic acids is 2. The molecule has 0 radical (unpaired) electrons. The summed E-state index contributed by atoms with van der Waals surface area (Å²) in [5.41, 5.74) is 1.46. The molecule has 0 saturated heterocycles. The van der Waals surface area contributed by atoms with Crippen LogP contribution in [-0.2, 0) is 9.53 Å². The van der Waals surface area contributed by atoms with Gasteiger partial charge < -0.3 is 25.2 Å². The zero-order valence-corrected chi connectivity index (χ0v) is 16.9. The number of nitrogens with one attached hydrogen (secondary N) is 2. The second-order valence-electron chi connectivity index (χ2n) is 5.95. The van der Waals surface area contributed by atoms with Gasteiger partial charge in [0.1, 0.15) is 0 Å². The van der Waals surface area contributed by atoms with Crippen molar-refractivity contribution in [3.8, 4) is 11.5 Å². The molecule has 0 spiro atoms. The van der Waals surface area contributed by atoms with Gasteiger partial charge in [-0.3, -0.25) is 0 Å². The first kappa shape index (κ1) is 19.8. The molecule has 0 saturated carbocycles. The predicted molar refractivity (Wildman–Crippen MR) is 107 cm³/mol. The standard InChI is InChI=1S/C20H19BrN2O5/c1-3-28-19(25)15-16(11-7-5-4-6-8-11)22-20(26)23-17(15)13-9-12(21)10-14(27-2)18(13)24/h4-10,17,24H,3H2,1-2H3,(H2,22,23,26)/t17-/m0/s1. The van der Waals surface area contributed by atoms with Crippen LogP contribution in [0.3, 0.4) is 0 Å². The number of hydrogen-bond acceptors (Lipinski definition) is 5. The molecule has 1 aliphatic rings. The topological polar surface area (TPSA) is 96.9 Å². The molecule has 146 valence electrons. The quantitative estimate of drug-likeness (QED) is 0.610. The lowest BCUT2D eigenvalue weighted by Crippen LogP contribution is -2.45. The molecule has 8 heteroatoms. The molecule has 0 unspecified atom stereocenters. The summed E-state index contributed by atoms with van der Waals surface area (Å²) in [6.45, 7) is 1.86. The van der Waals surface area contributed by atoms with Crippen LogP contribution in [0, 0.1) is 0 Å². The fraction of sp³-hybridized carbons (Fsp3) is 0.200. The molecule has 1 atom stereocenters. The molecule has 1 heterocycles. The lowest BCUT2D eigenvalue weighted by Gasteiger charge is -2.30. The molecular formula is C20H19BrN2O5. The molecule has 3 rings (SSSR count). The number of methoxy groups -OCH3 is 1. The third-order valence-corrected chi connectivity index (χ3v) is 4.69. The molecule has 2 aromatic carbocycles. The number of halogens is 1. The van der Waals surface area contributed by atoms with Crippen LogP contribution < -0.4 is 15.4 Å². The van der Waals surface area contributed by atoms with Gasteiger partial charge in [-0.25, -0.2) is 9.59 Å². The predicted octanol–water partition coefficient (Wildman–Crippen LogP) is 3.49. The van der Waals surface area contributed by atoms with Gasteiger partial charge in [0.2, 0.25) is 0 Å². The zero-order valence-electron chi connectivity index (χ0n) is 15.3. The summed E-state index contributed by atoms with van der Waals surface area (Å²) in [5, 5.41) is 16.0. The van der Waals surface area contributed by atoms with E-state index in [1.165, 1.54) is 7.11 Å². The second-order valence-corrected chi connectivity index (χ2v) is 6.87. The van der Waals surface area contributed by atoms with Crippen molar-refractivity contribution in [2.75, 3.05) is 13.7 Å². The van der Waals surface area contributed by atoms with Crippen LogP contribution in [0.15, 0.2) is 52.5 Å². The van der Waals surface area contributed by atoms with Crippen molar-refractivity contribution < 1.29 is 24.2 Å². The van der Waals surface area contributed by atoms with Gasteiger partial charge in [-0.15, -0.1) is 0 Å². The van der Waals surface area contributed by atoms with E-state index in [0.717, 1.165) is 0 Å². The number of ether oxygens (including phenoxy) is 2. The minimum absolute atomic E-state index is 0.166. The Morgan fingerprint density at radius 1 is 1.25 bits per heavy atom. The largest absolute Gasteiger partial charge is 0.504 e. The van der Waals surface area contributed by atoms with Gasteiger partial charge in [0, 0.05) is 10.0 Å². The fourth-order valence-electron chi connectivity index (χ4n) is 3.03. The molecule has 2 aromatic rings. The summed E-state index contributed by atoms with van der Waals surface area (Å²) in [5.74, 6) is -0.564. The van der Waals surface area contributed by atoms with Crippen molar-refractivity contribution in [3.05, 3.63) is 63.6 Å². The molecule has 7 nitrogen and oxygen atoms in total. The van der Waals surface area contributed by atoms with E-state index in [1.54, 1.807) is 43.3 Å². The number of rotatable bonds is 5. The molecule has 0 aromatic heterocycles. The Hall–Kier alpha value is -3.00. The molecule has 28 heavy (non-hydrogen) atoms. The van der Waals surface area contributed by atoms with Gasteiger partial charge in [-0.1, -0.05) is 46.3 Å². The van der Waals surface area contributed by atoms with E-state index in [9.17, 15) is 14.7 Å². The van der Waals surface area contributed by atoms with Gasteiger partial charge in [-0.05, 0) is 24.6 Å². The third-order valence-electron chi connectivity index (χ3n) is 4.23. The summed E-state index contributed by atoms with van der Waals surface area (Å²) in [7, 11) is 1.42. The normalized spacial score (nSPS) is 16.2. The number of urea groups is 1. The first-order valence-corrected chi connectivity index (χ1v) is 9.36. The van der Waals surface area contributed by atoms with E-state index in [2.05, 4.69) is 26.6 Å².